The Morgan fingerprint density at radius 3 is 2.54 bits per heavy atom. The van der Waals surface area contributed by atoms with Gasteiger partial charge < -0.3 is 10.2 Å². The Bertz CT molecular complexity index is 1180. The van der Waals surface area contributed by atoms with Gasteiger partial charge in [-0.25, -0.2) is 10.2 Å². The number of aromatic hydroxyl groups is 1. The summed E-state index contributed by atoms with van der Waals surface area (Å²) in [7, 11) is 0. The van der Waals surface area contributed by atoms with Gasteiger partial charge in [0.25, 0.3) is 5.91 Å². The predicted octanol–water partition coefficient (Wildman–Crippen LogP) is 3.40. The molecule has 0 aromatic heterocycles. The van der Waals surface area contributed by atoms with Crippen molar-refractivity contribution < 1.29 is 19.8 Å². The van der Waals surface area contributed by atoms with E-state index in [0.29, 0.717) is 5.56 Å². The summed E-state index contributed by atoms with van der Waals surface area (Å²) in [5, 5.41) is 23.8. The van der Waals surface area contributed by atoms with Gasteiger partial charge in [-0.15, -0.1) is 0 Å². The first-order valence-corrected chi connectivity index (χ1v) is 8.42. The highest BCUT2D eigenvalue weighted by Crippen LogP contribution is 2.24. The fourth-order valence-corrected chi connectivity index (χ4v) is 2.72. The third-order valence-electron chi connectivity index (χ3n) is 3.84. The van der Waals surface area contributed by atoms with Crippen molar-refractivity contribution in [2.24, 2.45) is 5.10 Å². The van der Waals surface area contributed by atoms with E-state index in [0.717, 1.165) is 16.3 Å². The monoisotopic (exact) mass is 392 g/mol. The van der Waals surface area contributed by atoms with Crippen molar-refractivity contribution in [1.82, 2.24) is 5.43 Å². The maximum Gasteiger partial charge on any atom is 0.382 e. The highest BCUT2D eigenvalue weighted by Gasteiger charge is 2.08. The second kappa shape index (κ2) is 8.25. The average Bonchev–Trinajstić information content (AvgIpc) is 2.69. The number of nitrogens with zero attached hydrogens (tertiary/aromatic N) is 1. The van der Waals surface area contributed by atoms with Crippen LogP contribution in [0.15, 0.2) is 59.7 Å². The van der Waals surface area contributed by atoms with E-state index in [1.807, 2.05) is 24.3 Å². The maximum atomic E-state index is 12.1. The van der Waals surface area contributed by atoms with Gasteiger partial charge in [-0.05, 0) is 35.0 Å². The Morgan fingerprint density at radius 2 is 1.82 bits per heavy atom. The van der Waals surface area contributed by atoms with E-state index < -0.39 is 11.9 Å². The van der Waals surface area contributed by atoms with Crippen LogP contribution in [0.4, 0.5) is 0 Å². The van der Waals surface area contributed by atoms with Gasteiger partial charge in [0.2, 0.25) is 0 Å². The number of halogens is 1. The second-order valence-corrected chi connectivity index (χ2v) is 6.08. The molecule has 0 spiro atoms. The van der Waals surface area contributed by atoms with Gasteiger partial charge >= 0.3 is 5.97 Å². The summed E-state index contributed by atoms with van der Waals surface area (Å²) < 4.78 is 0. The minimum Gasteiger partial charge on any atom is -0.506 e. The van der Waals surface area contributed by atoms with Crippen molar-refractivity contribution in [1.29, 1.82) is 0 Å². The molecule has 0 unspecified atom stereocenters. The SMILES string of the molecule is O=C(O)C#Cc1ccc(/C=N/NC(=O)c2ccc(O)c(Cl)c2)c2ccccc12. The molecule has 6 nitrogen and oxygen atoms in total. The number of phenols is 1. The number of fused-ring (bicyclic) bond motifs is 1. The number of amides is 1. The lowest BCUT2D eigenvalue weighted by atomic mass is 10.0. The van der Waals surface area contributed by atoms with Gasteiger partial charge in [0.05, 0.1) is 11.2 Å². The van der Waals surface area contributed by atoms with Crippen molar-refractivity contribution in [2.45, 2.75) is 0 Å². The Balaban J connectivity index is 1.85. The first-order valence-electron chi connectivity index (χ1n) is 8.04. The molecule has 0 atom stereocenters. The molecule has 7 heteroatoms. The highest BCUT2D eigenvalue weighted by molar-refractivity contribution is 6.32. The van der Waals surface area contributed by atoms with Crippen LogP contribution in [0.25, 0.3) is 10.8 Å². The number of carboxylic acid groups (broad SMARTS) is 1. The van der Waals surface area contributed by atoms with Crippen LogP contribution in [0.5, 0.6) is 5.75 Å². The van der Waals surface area contributed by atoms with Gasteiger partial charge in [0, 0.05) is 22.6 Å². The second-order valence-electron chi connectivity index (χ2n) is 5.67. The molecule has 0 saturated heterocycles. The van der Waals surface area contributed by atoms with Crippen molar-refractivity contribution in [2.75, 3.05) is 0 Å². The number of carboxylic acids is 1. The minimum absolute atomic E-state index is 0.0701. The number of carbonyl (C=O) groups is 2. The van der Waals surface area contributed by atoms with Crippen molar-refractivity contribution in [3.05, 3.63) is 76.3 Å². The number of phenolic OH excluding ortho intramolecular Hbond substituents is 1. The number of hydrazone groups is 1. The Hall–Kier alpha value is -3.82. The van der Waals surface area contributed by atoms with Gasteiger partial charge in [-0.2, -0.15) is 5.10 Å². The first kappa shape index (κ1) is 19.0. The van der Waals surface area contributed by atoms with Crippen LogP contribution >= 0.6 is 11.6 Å². The van der Waals surface area contributed by atoms with E-state index in [9.17, 15) is 14.7 Å². The summed E-state index contributed by atoms with van der Waals surface area (Å²) in [4.78, 5) is 22.8. The number of nitrogens with one attached hydrogen (secondary N) is 1. The Kier molecular flexibility index (Phi) is 5.58. The normalized spacial score (nSPS) is 10.5. The minimum atomic E-state index is -1.20. The lowest BCUT2D eigenvalue weighted by Gasteiger charge is -2.05. The molecule has 0 aliphatic rings. The molecule has 0 radical (unpaired) electrons. The first-order chi connectivity index (χ1) is 13.5. The Labute approximate surface area is 165 Å². The summed E-state index contributed by atoms with van der Waals surface area (Å²) in [6.45, 7) is 0. The highest BCUT2D eigenvalue weighted by atomic mass is 35.5. The number of aliphatic carboxylic acids is 1. The molecule has 1 amide bonds. The van der Waals surface area contributed by atoms with Crippen molar-refractivity contribution in [3.63, 3.8) is 0 Å². The van der Waals surface area contributed by atoms with E-state index in [-0.39, 0.29) is 16.3 Å². The van der Waals surface area contributed by atoms with Gasteiger partial charge in [0.15, 0.2) is 0 Å². The topological polar surface area (TPSA) is 99.0 Å². The molecule has 3 N–H and O–H groups in total. The lowest BCUT2D eigenvalue weighted by molar-refractivity contribution is -0.130. The molecular formula is C21H13ClN2O4. The van der Waals surface area contributed by atoms with Crippen LogP contribution in [-0.4, -0.2) is 28.3 Å². The number of carbonyl (C=O) groups excluding carboxylic acids is 1. The molecule has 0 heterocycles. The molecule has 0 fully saturated rings. The number of hydrogen-bond acceptors (Lipinski definition) is 4. The molecule has 3 rings (SSSR count). The summed E-state index contributed by atoms with van der Waals surface area (Å²) in [5.41, 5.74) is 3.96. The fourth-order valence-electron chi connectivity index (χ4n) is 2.54. The van der Waals surface area contributed by atoms with Crippen LogP contribution in [0, 0.1) is 11.8 Å². The smallest absolute Gasteiger partial charge is 0.382 e. The van der Waals surface area contributed by atoms with Crippen LogP contribution in [0.1, 0.15) is 21.5 Å². The Morgan fingerprint density at radius 1 is 1.07 bits per heavy atom. The zero-order valence-corrected chi connectivity index (χ0v) is 15.1. The molecule has 0 aliphatic carbocycles. The molecule has 138 valence electrons. The maximum absolute atomic E-state index is 12.1. The summed E-state index contributed by atoms with van der Waals surface area (Å²) in [5.74, 6) is 2.93. The number of rotatable bonds is 3. The molecule has 0 saturated carbocycles. The predicted molar refractivity (Wildman–Crippen MR) is 107 cm³/mol. The van der Waals surface area contributed by atoms with Crippen LogP contribution in [0.2, 0.25) is 5.02 Å². The average molecular weight is 393 g/mol. The van der Waals surface area contributed by atoms with Gasteiger partial charge in [0.1, 0.15) is 5.75 Å². The molecule has 0 aliphatic heterocycles. The molecular weight excluding hydrogens is 380 g/mol. The van der Waals surface area contributed by atoms with E-state index in [2.05, 4.69) is 22.4 Å². The fraction of sp³-hybridized carbons (Fsp3) is 0. The molecule has 3 aromatic rings. The van der Waals surface area contributed by atoms with E-state index >= 15 is 0 Å². The largest absolute Gasteiger partial charge is 0.506 e. The van der Waals surface area contributed by atoms with Gasteiger partial charge in [-0.3, -0.25) is 4.79 Å². The molecule has 3 aromatic carbocycles. The summed E-state index contributed by atoms with van der Waals surface area (Å²) in [6.07, 6.45) is 1.48. The number of hydrogen-bond donors (Lipinski definition) is 3. The van der Waals surface area contributed by atoms with Gasteiger partial charge in [-0.1, -0.05) is 47.9 Å². The lowest BCUT2D eigenvalue weighted by Crippen LogP contribution is -2.17. The molecule has 0 bridgehead atoms. The van der Waals surface area contributed by atoms with E-state index in [1.165, 1.54) is 24.4 Å². The third-order valence-corrected chi connectivity index (χ3v) is 4.14. The zero-order chi connectivity index (χ0) is 20.1. The van der Waals surface area contributed by atoms with E-state index in [4.69, 9.17) is 16.7 Å². The number of benzene rings is 3. The van der Waals surface area contributed by atoms with Crippen LogP contribution < -0.4 is 5.43 Å². The zero-order valence-electron chi connectivity index (χ0n) is 14.3. The summed E-state index contributed by atoms with van der Waals surface area (Å²) in [6, 6.07) is 14.9. The summed E-state index contributed by atoms with van der Waals surface area (Å²) >= 11 is 5.80. The third kappa shape index (κ3) is 4.29. The standard InChI is InChI=1S/C21H13ClN2O4/c22-18-11-14(7-9-19(18)25)21(28)24-23-12-15-6-5-13(8-10-20(26)27)16-3-1-2-4-17(15)16/h1-7,9,11-12,25H,(H,24,28)(H,26,27)/b23-12+. The van der Waals surface area contributed by atoms with Crippen molar-refractivity contribution in [3.8, 4) is 17.6 Å². The van der Waals surface area contributed by atoms with Crippen LogP contribution in [0.3, 0.4) is 0 Å². The van der Waals surface area contributed by atoms with E-state index in [1.54, 1.807) is 12.1 Å². The van der Waals surface area contributed by atoms with Crippen molar-refractivity contribution >= 4 is 40.5 Å². The van der Waals surface area contributed by atoms with Crippen LogP contribution in [-0.2, 0) is 4.79 Å². The molecule has 28 heavy (non-hydrogen) atoms. The quantitative estimate of drug-likeness (QED) is 0.361.